The Hall–Kier alpha value is -1.90. The van der Waals surface area contributed by atoms with Gasteiger partial charge in [0, 0.05) is 41.9 Å². The standard InChI is InChI=1S/C30H40Cl2N2O4S/c1-23-16-17-24-14-13-15-27(30(24)33-23)38-22-25-26(31)18-19-28(29(25)32)39(36,37)34(2)20-11-9-7-5-3-4-6-8-10-12-21-35/h13-19,35H,3-12,20-22H2,1-2H3. The molecule has 0 spiro atoms. The monoisotopic (exact) mass is 594 g/mol. The van der Waals surface area contributed by atoms with Crippen molar-refractivity contribution in [2.45, 2.75) is 82.6 Å². The zero-order chi connectivity index (χ0) is 28.3. The second kappa shape index (κ2) is 15.8. The van der Waals surface area contributed by atoms with E-state index in [-0.39, 0.29) is 23.1 Å². The number of hydrogen-bond donors (Lipinski definition) is 1. The first-order valence-electron chi connectivity index (χ1n) is 13.8. The second-order valence-corrected chi connectivity index (χ2v) is 12.8. The first-order chi connectivity index (χ1) is 18.8. The Labute approximate surface area is 243 Å². The van der Waals surface area contributed by atoms with Gasteiger partial charge in [-0.1, -0.05) is 92.8 Å². The molecule has 0 fully saturated rings. The van der Waals surface area contributed by atoms with Gasteiger partial charge < -0.3 is 9.84 Å². The highest BCUT2D eigenvalue weighted by Crippen LogP contribution is 2.34. The summed E-state index contributed by atoms with van der Waals surface area (Å²) in [5.74, 6) is 0.579. The number of fused-ring (bicyclic) bond motifs is 1. The Balaban J connectivity index is 1.55. The van der Waals surface area contributed by atoms with Gasteiger partial charge in [-0.3, -0.25) is 0 Å². The van der Waals surface area contributed by atoms with E-state index in [1.165, 1.54) is 36.1 Å². The second-order valence-electron chi connectivity index (χ2n) is 9.99. The molecule has 6 nitrogen and oxygen atoms in total. The molecule has 1 aromatic heterocycles. The van der Waals surface area contributed by atoms with Crippen LogP contribution in [0.4, 0.5) is 0 Å². The zero-order valence-electron chi connectivity index (χ0n) is 23.0. The molecule has 0 aliphatic carbocycles. The van der Waals surface area contributed by atoms with Crippen LogP contribution in [0.15, 0.2) is 47.4 Å². The minimum atomic E-state index is -3.79. The van der Waals surface area contributed by atoms with Gasteiger partial charge in [0.25, 0.3) is 0 Å². The van der Waals surface area contributed by atoms with Crippen LogP contribution in [0.25, 0.3) is 10.9 Å². The number of rotatable bonds is 17. The molecule has 0 aliphatic heterocycles. The van der Waals surface area contributed by atoms with E-state index in [4.69, 9.17) is 33.0 Å². The highest BCUT2D eigenvalue weighted by Gasteiger charge is 2.26. The fraction of sp³-hybridized carbons (Fsp3) is 0.500. The average Bonchev–Trinajstić information content (AvgIpc) is 2.91. The molecule has 0 saturated carbocycles. The van der Waals surface area contributed by atoms with Gasteiger partial charge in [-0.15, -0.1) is 0 Å². The van der Waals surface area contributed by atoms with E-state index in [1.807, 2.05) is 37.3 Å². The van der Waals surface area contributed by atoms with Gasteiger partial charge in [-0.05, 0) is 44.0 Å². The van der Waals surface area contributed by atoms with Gasteiger partial charge >= 0.3 is 0 Å². The number of para-hydroxylation sites is 1. The lowest BCUT2D eigenvalue weighted by Gasteiger charge is -2.20. The number of unbranched alkanes of at least 4 members (excludes halogenated alkanes) is 9. The number of hydrogen-bond acceptors (Lipinski definition) is 5. The largest absolute Gasteiger partial charge is 0.487 e. The maximum absolute atomic E-state index is 13.3. The number of ether oxygens (including phenoxy) is 1. The molecule has 39 heavy (non-hydrogen) atoms. The summed E-state index contributed by atoms with van der Waals surface area (Å²) in [5, 5.41) is 10.2. The van der Waals surface area contributed by atoms with Crippen LogP contribution in [-0.4, -0.2) is 43.0 Å². The van der Waals surface area contributed by atoms with Gasteiger partial charge in [-0.25, -0.2) is 17.7 Å². The summed E-state index contributed by atoms with van der Waals surface area (Å²) in [6.07, 6.45) is 10.9. The van der Waals surface area contributed by atoms with E-state index in [2.05, 4.69) is 4.98 Å². The molecule has 214 valence electrons. The normalized spacial score (nSPS) is 11.9. The highest BCUT2D eigenvalue weighted by molar-refractivity contribution is 7.89. The van der Waals surface area contributed by atoms with Gasteiger partial charge in [0.15, 0.2) is 0 Å². The number of sulfonamides is 1. The smallest absolute Gasteiger partial charge is 0.244 e. The molecular formula is C30H40Cl2N2O4S. The molecule has 0 aliphatic rings. The molecule has 1 heterocycles. The van der Waals surface area contributed by atoms with Crippen molar-refractivity contribution in [3.8, 4) is 5.75 Å². The van der Waals surface area contributed by atoms with E-state index < -0.39 is 10.0 Å². The predicted octanol–water partition coefficient (Wildman–Crippen LogP) is 7.94. The topological polar surface area (TPSA) is 79.7 Å². The number of nitrogens with zero attached hydrogens (tertiary/aromatic N) is 2. The molecule has 0 unspecified atom stereocenters. The molecule has 2 aromatic carbocycles. The number of benzene rings is 2. The van der Waals surface area contributed by atoms with Crippen LogP contribution < -0.4 is 4.74 Å². The Kier molecular flexibility index (Phi) is 12.8. The van der Waals surface area contributed by atoms with Gasteiger partial charge in [-0.2, -0.15) is 0 Å². The van der Waals surface area contributed by atoms with Crippen molar-refractivity contribution >= 4 is 44.1 Å². The number of aliphatic hydroxyl groups excluding tert-OH is 1. The number of aromatic nitrogens is 1. The molecule has 1 N–H and O–H groups in total. The predicted molar refractivity (Wildman–Crippen MR) is 160 cm³/mol. The number of pyridine rings is 1. The maximum atomic E-state index is 13.3. The van der Waals surface area contributed by atoms with Crippen molar-refractivity contribution in [3.63, 3.8) is 0 Å². The molecule has 0 atom stereocenters. The lowest BCUT2D eigenvalue weighted by molar-refractivity contribution is 0.282. The van der Waals surface area contributed by atoms with Crippen LogP contribution in [0.3, 0.4) is 0 Å². The highest BCUT2D eigenvalue weighted by atomic mass is 35.5. The summed E-state index contributed by atoms with van der Waals surface area (Å²) < 4.78 is 34.1. The number of aliphatic hydroxyl groups is 1. The Bertz CT molecular complexity index is 1320. The molecule has 0 radical (unpaired) electrons. The van der Waals surface area contributed by atoms with Crippen molar-refractivity contribution in [2.24, 2.45) is 0 Å². The molecule has 9 heteroatoms. The van der Waals surface area contributed by atoms with E-state index in [9.17, 15) is 8.42 Å². The summed E-state index contributed by atoms with van der Waals surface area (Å²) >= 11 is 13.1. The first kappa shape index (κ1) is 31.6. The van der Waals surface area contributed by atoms with Crippen LogP contribution in [0, 0.1) is 6.92 Å². The minimum absolute atomic E-state index is 0.0148. The molecule has 0 amide bonds. The van der Waals surface area contributed by atoms with E-state index >= 15 is 0 Å². The van der Waals surface area contributed by atoms with Crippen molar-refractivity contribution in [1.29, 1.82) is 0 Å². The molecular weight excluding hydrogens is 555 g/mol. The van der Waals surface area contributed by atoms with Crippen molar-refractivity contribution in [3.05, 3.63) is 63.8 Å². The SMILES string of the molecule is Cc1ccc2cccc(OCc3c(Cl)ccc(S(=O)(=O)N(C)CCCCCCCCCCCCO)c3Cl)c2n1. The summed E-state index contributed by atoms with van der Waals surface area (Å²) in [7, 11) is -2.20. The minimum Gasteiger partial charge on any atom is -0.487 e. The third kappa shape index (κ3) is 9.05. The number of aryl methyl sites for hydroxylation is 1. The third-order valence-electron chi connectivity index (χ3n) is 6.91. The quantitative estimate of drug-likeness (QED) is 0.160. The summed E-state index contributed by atoms with van der Waals surface area (Å²) in [4.78, 5) is 4.61. The molecule has 0 saturated heterocycles. The van der Waals surface area contributed by atoms with Gasteiger partial charge in [0.05, 0.1) is 5.02 Å². The van der Waals surface area contributed by atoms with Gasteiger partial charge in [0.1, 0.15) is 22.8 Å². The van der Waals surface area contributed by atoms with Crippen molar-refractivity contribution in [1.82, 2.24) is 9.29 Å². The summed E-state index contributed by atoms with van der Waals surface area (Å²) in [6.45, 7) is 2.64. The van der Waals surface area contributed by atoms with Crippen LogP contribution in [0.5, 0.6) is 5.75 Å². The first-order valence-corrected chi connectivity index (χ1v) is 16.0. The summed E-state index contributed by atoms with van der Waals surface area (Å²) in [6, 6.07) is 12.6. The van der Waals surface area contributed by atoms with E-state index in [1.54, 1.807) is 13.1 Å². The van der Waals surface area contributed by atoms with Crippen LogP contribution in [0.1, 0.15) is 75.5 Å². The molecule has 3 rings (SSSR count). The van der Waals surface area contributed by atoms with E-state index in [0.29, 0.717) is 22.9 Å². The molecule has 0 bridgehead atoms. The van der Waals surface area contributed by atoms with Crippen molar-refractivity contribution in [2.75, 3.05) is 20.2 Å². The third-order valence-corrected chi connectivity index (χ3v) is 9.71. The summed E-state index contributed by atoms with van der Waals surface area (Å²) in [5.41, 5.74) is 2.02. The number of halogens is 2. The average molecular weight is 596 g/mol. The Morgan fingerprint density at radius 1 is 0.872 bits per heavy atom. The maximum Gasteiger partial charge on any atom is 0.244 e. The Morgan fingerprint density at radius 2 is 1.51 bits per heavy atom. The fourth-order valence-electron chi connectivity index (χ4n) is 4.54. The zero-order valence-corrected chi connectivity index (χ0v) is 25.3. The van der Waals surface area contributed by atoms with Crippen molar-refractivity contribution < 1.29 is 18.3 Å². The van der Waals surface area contributed by atoms with Crippen LogP contribution in [-0.2, 0) is 16.6 Å². The van der Waals surface area contributed by atoms with Crippen LogP contribution in [0.2, 0.25) is 10.0 Å². The fourth-order valence-corrected chi connectivity index (χ4v) is 6.61. The van der Waals surface area contributed by atoms with E-state index in [0.717, 1.165) is 55.1 Å². The lowest BCUT2D eigenvalue weighted by Crippen LogP contribution is -2.28. The Morgan fingerprint density at radius 3 is 2.18 bits per heavy atom. The van der Waals surface area contributed by atoms with Crippen LogP contribution >= 0.6 is 23.2 Å². The lowest BCUT2D eigenvalue weighted by atomic mass is 10.1. The molecule has 3 aromatic rings. The van der Waals surface area contributed by atoms with Gasteiger partial charge in [0.2, 0.25) is 10.0 Å².